The third-order valence-electron chi connectivity index (χ3n) is 1.87. The lowest BCUT2D eigenvalue weighted by Crippen LogP contribution is -2.29. The summed E-state index contributed by atoms with van der Waals surface area (Å²) in [5, 5.41) is 9.63. The van der Waals surface area contributed by atoms with Crippen molar-refractivity contribution in [1.29, 1.82) is 5.41 Å². The topological polar surface area (TPSA) is 129 Å². The van der Waals surface area contributed by atoms with Crippen LogP contribution in [0, 0.1) is 5.41 Å². The van der Waals surface area contributed by atoms with E-state index >= 15 is 0 Å². The Morgan fingerprint density at radius 1 is 1.47 bits per heavy atom. The van der Waals surface area contributed by atoms with Crippen molar-refractivity contribution < 1.29 is 18.9 Å². The van der Waals surface area contributed by atoms with Gasteiger partial charge in [-0.3, -0.25) is 9.93 Å². The first-order chi connectivity index (χ1) is 7.87. The zero-order valence-electron chi connectivity index (χ0n) is 8.96. The molecule has 0 saturated heterocycles. The van der Waals surface area contributed by atoms with Crippen LogP contribution in [0.15, 0.2) is 24.3 Å². The molecule has 0 aliphatic carbocycles. The second-order valence-electron chi connectivity index (χ2n) is 3.35. The number of phosphoric acid groups is 1. The quantitative estimate of drug-likeness (QED) is 0.293. The molecule has 7 nitrogen and oxygen atoms in total. The summed E-state index contributed by atoms with van der Waals surface area (Å²) < 4.78 is 14.9. The fraction of sp³-hybridized carbons (Fsp3) is 0.222. The molecule has 0 aliphatic heterocycles. The Hall–Kier alpha value is -1.40. The zero-order valence-corrected chi connectivity index (χ0v) is 9.85. The van der Waals surface area contributed by atoms with Crippen LogP contribution < -0.4 is 11.1 Å². The molecule has 0 bridgehead atoms. The molecule has 6 N–H and O–H groups in total. The maximum absolute atomic E-state index is 10.5. The summed E-state index contributed by atoms with van der Waals surface area (Å²) in [6.07, 6.45) is 0. The van der Waals surface area contributed by atoms with Gasteiger partial charge in [0, 0.05) is 6.54 Å². The van der Waals surface area contributed by atoms with Crippen LogP contribution >= 0.6 is 7.82 Å². The Morgan fingerprint density at radius 3 is 2.71 bits per heavy atom. The molecule has 0 atom stereocenters. The number of nitrogens with two attached hydrogens (primary N) is 1. The van der Waals surface area contributed by atoms with Gasteiger partial charge in [-0.15, -0.1) is 0 Å². The maximum Gasteiger partial charge on any atom is 0.469 e. The molecule has 0 heterocycles. The Labute approximate surface area is 98.4 Å². The monoisotopic (exact) mass is 259 g/mol. The van der Waals surface area contributed by atoms with Gasteiger partial charge >= 0.3 is 7.82 Å². The summed E-state index contributed by atoms with van der Waals surface area (Å²) in [7, 11) is -4.45. The summed E-state index contributed by atoms with van der Waals surface area (Å²) in [6.45, 7) is 0.206. The van der Waals surface area contributed by atoms with Crippen LogP contribution in [0.2, 0.25) is 0 Å². The predicted molar refractivity (Wildman–Crippen MR) is 62.0 cm³/mol. The van der Waals surface area contributed by atoms with E-state index < -0.39 is 7.82 Å². The molecule has 1 rings (SSSR count). The molecule has 0 aliphatic rings. The van der Waals surface area contributed by atoms with Crippen LogP contribution in [0.3, 0.4) is 0 Å². The molecular formula is C9H14N3O4P. The average Bonchev–Trinajstić information content (AvgIpc) is 2.23. The van der Waals surface area contributed by atoms with E-state index in [0.29, 0.717) is 12.1 Å². The van der Waals surface area contributed by atoms with Gasteiger partial charge in [-0.1, -0.05) is 24.3 Å². The molecule has 17 heavy (non-hydrogen) atoms. The number of guanidine groups is 1. The van der Waals surface area contributed by atoms with Crippen molar-refractivity contribution >= 4 is 13.8 Å². The van der Waals surface area contributed by atoms with Gasteiger partial charge in [-0.2, -0.15) is 0 Å². The molecule has 0 fully saturated rings. The number of hydrogen-bond acceptors (Lipinski definition) is 3. The molecule has 1 aromatic rings. The minimum atomic E-state index is -4.45. The van der Waals surface area contributed by atoms with Crippen LogP contribution in [-0.4, -0.2) is 15.7 Å². The highest BCUT2D eigenvalue weighted by atomic mass is 31.2. The van der Waals surface area contributed by atoms with Crippen LogP contribution in [0.5, 0.6) is 0 Å². The van der Waals surface area contributed by atoms with Crippen LogP contribution in [0.25, 0.3) is 0 Å². The van der Waals surface area contributed by atoms with E-state index in [1.807, 2.05) is 0 Å². The van der Waals surface area contributed by atoms with E-state index in [2.05, 4.69) is 9.84 Å². The molecule has 94 valence electrons. The molecule has 0 aromatic heterocycles. The molecule has 0 unspecified atom stereocenters. The minimum absolute atomic E-state index is 0.137. The van der Waals surface area contributed by atoms with Crippen molar-refractivity contribution in [2.45, 2.75) is 13.2 Å². The Bertz CT molecular complexity index is 446. The van der Waals surface area contributed by atoms with Gasteiger partial charge in [-0.25, -0.2) is 4.57 Å². The van der Waals surface area contributed by atoms with E-state index in [1.165, 1.54) is 0 Å². The first kappa shape index (κ1) is 13.7. The summed E-state index contributed by atoms with van der Waals surface area (Å²) in [4.78, 5) is 17.1. The van der Waals surface area contributed by atoms with Crippen molar-refractivity contribution in [3.63, 3.8) is 0 Å². The third-order valence-corrected chi connectivity index (χ3v) is 2.34. The van der Waals surface area contributed by atoms with Gasteiger partial charge < -0.3 is 20.8 Å². The molecule has 0 radical (unpaired) electrons. The average molecular weight is 259 g/mol. The smallest absolute Gasteiger partial charge is 0.370 e. The fourth-order valence-electron chi connectivity index (χ4n) is 1.19. The Balaban J connectivity index is 2.59. The summed E-state index contributed by atoms with van der Waals surface area (Å²) in [6, 6.07) is 6.94. The first-order valence-electron chi connectivity index (χ1n) is 4.72. The zero-order chi connectivity index (χ0) is 12.9. The van der Waals surface area contributed by atoms with E-state index in [0.717, 1.165) is 5.56 Å². The van der Waals surface area contributed by atoms with Crippen molar-refractivity contribution in [2.24, 2.45) is 5.73 Å². The minimum Gasteiger partial charge on any atom is -0.370 e. The highest BCUT2D eigenvalue weighted by Gasteiger charge is 2.13. The van der Waals surface area contributed by atoms with E-state index in [-0.39, 0.29) is 12.6 Å². The molecule has 8 heteroatoms. The van der Waals surface area contributed by atoms with E-state index in [4.69, 9.17) is 20.9 Å². The highest BCUT2D eigenvalue weighted by molar-refractivity contribution is 7.46. The fourth-order valence-corrected chi connectivity index (χ4v) is 1.50. The van der Waals surface area contributed by atoms with Crippen molar-refractivity contribution in [1.82, 2.24) is 5.32 Å². The lowest BCUT2D eigenvalue weighted by Gasteiger charge is -2.08. The van der Waals surface area contributed by atoms with Gasteiger partial charge in [0.25, 0.3) is 0 Å². The van der Waals surface area contributed by atoms with Gasteiger partial charge in [-0.05, 0) is 11.1 Å². The van der Waals surface area contributed by atoms with E-state index in [1.54, 1.807) is 24.3 Å². The highest BCUT2D eigenvalue weighted by Crippen LogP contribution is 2.36. The Kier molecular flexibility index (Phi) is 4.65. The molecular weight excluding hydrogens is 245 g/mol. The number of benzene rings is 1. The molecule has 0 amide bonds. The van der Waals surface area contributed by atoms with Crippen molar-refractivity contribution in [2.75, 3.05) is 0 Å². The predicted octanol–water partition coefficient (Wildman–Crippen LogP) is 0.279. The van der Waals surface area contributed by atoms with Crippen LogP contribution in [-0.2, 0) is 22.2 Å². The van der Waals surface area contributed by atoms with Crippen LogP contribution in [0.4, 0.5) is 0 Å². The van der Waals surface area contributed by atoms with Gasteiger partial charge in [0.1, 0.15) is 0 Å². The van der Waals surface area contributed by atoms with E-state index in [9.17, 15) is 4.57 Å². The first-order valence-corrected chi connectivity index (χ1v) is 6.25. The second-order valence-corrected chi connectivity index (χ2v) is 4.59. The number of phosphoric ester groups is 1. The maximum atomic E-state index is 10.5. The van der Waals surface area contributed by atoms with Crippen LogP contribution in [0.1, 0.15) is 11.1 Å². The van der Waals surface area contributed by atoms with Crippen molar-refractivity contribution in [3.05, 3.63) is 35.4 Å². The number of nitrogens with one attached hydrogen (secondary N) is 2. The lowest BCUT2D eigenvalue weighted by molar-refractivity contribution is 0.189. The number of hydrogen-bond donors (Lipinski definition) is 5. The molecule has 0 saturated carbocycles. The SMILES string of the molecule is N=C(N)NCc1cccc(COP(=O)(O)O)c1. The van der Waals surface area contributed by atoms with Gasteiger partial charge in [0.15, 0.2) is 5.96 Å². The van der Waals surface area contributed by atoms with Crippen molar-refractivity contribution in [3.8, 4) is 0 Å². The molecule has 1 aromatic carbocycles. The third kappa shape index (κ3) is 6.03. The number of rotatable bonds is 5. The van der Waals surface area contributed by atoms with Gasteiger partial charge in [0.2, 0.25) is 0 Å². The standard InChI is InChI=1S/C9H14N3O4P/c10-9(11)12-5-7-2-1-3-8(4-7)6-16-17(13,14)15/h1-4H,5-6H2,(H4,10,11,12)(H2,13,14,15). The lowest BCUT2D eigenvalue weighted by atomic mass is 10.1. The largest absolute Gasteiger partial charge is 0.469 e. The normalized spacial score (nSPS) is 11.2. The summed E-state index contributed by atoms with van der Waals surface area (Å²) >= 11 is 0. The van der Waals surface area contributed by atoms with Gasteiger partial charge in [0.05, 0.1) is 6.61 Å². The summed E-state index contributed by atoms with van der Waals surface area (Å²) in [5.41, 5.74) is 6.61. The summed E-state index contributed by atoms with van der Waals surface area (Å²) in [5.74, 6) is -0.137. The second kappa shape index (κ2) is 5.79. The molecule has 0 spiro atoms. The Morgan fingerprint density at radius 2 is 2.12 bits per heavy atom.